The normalized spacial score (nSPS) is 10.5. The molecule has 1 heterocycles. The lowest BCUT2D eigenvalue weighted by molar-refractivity contribution is -0.384. The third-order valence-electron chi connectivity index (χ3n) is 1.10. The van der Waals surface area contributed by atoms with Crippen molar-refractivity contribution in [2.24, 2.45) is 5.16 Å². The molecule has 11 heavy (non-hydrogen) atoms. The van der Waals surface area contributed by atoms with Crippen LogP contribution in [0.15, 0.2) is 17.4 Å². The molecule has 1 aromatic heterocycles. The Balaban J connectivity index is 2.90. The van der Waals surface area contributed by atoms with Crippen molar-refractivity contribution >= 4 is 11.9 Å². The van der Waals surface area contributed by atoms with E-state index in [1.54, 1.807) is 0 Å². The lowest BCUT2D eigenvalue weighted by atomic mass is 10.4. The molecule has 0 fully saturated rings. The van der Waals surface area contributed by atoms with Crippen LogP contribution in [-0.2, 0) is 0 Å². The maximum atomic E-state index is 10.1. The van der Waals surface area contributed by atoms with Crippen LogP contribution in [0.3, 0.4) is 0 Å². The van der Waals surface area contributed by atoms with E-state index in [0.29, 0.717) is 5.69 Å². The van der Waals surface area contributed by atoms with Crippen molar-refractivity contribution < 1.29 is 10.1 Å². The Hall–Kier alpha value is -1.85. The number of nitro groups is 1. The zero-order valence-corrected chi connectivity index (χ0v) is 5.39. The van der Waals surface area contributed by atoms with Crippen molar-refractivity contribution in [1.29, 1.82) is 0 Å². The molecule has 0 unspecified atom stereocenters. The number of aromatic nitrogens is 1. The first-order valence-corrected chi connectivity index (χ1v) is 2.74. The predicted molar refractivity (Wildman–Crippen MR) is 36.8 cm³/mol. The zero-order chi connectivity index (χ0) is 8.27. The Morgan fingerprint density at radius 1 is 1.82 bits per heavy atom. The van der Waals surface area contributed by atoms with E-state index in [-0.39, 0.29) is 5.69 Å². The topological polar surface area (TPSA) is 91.5 Å². The number of H-pyrrole nitrogens is 1. The second kappa shape index (κ2) is 2.82. The van der Waals surface area contributed by atoms with Gasteiger partial charge in [-0.2, -0.15) is 0 Å². The maximum Gasteiger partial charge on any atom is 0.287 e. The third-order valence-corrected chi connectivity index (χ3v) is 1.10. The Bertz CT molecular complexity index is 291. The van der Waals surface area contributed by atoms with Gasteiger partial charge in [0.15, 0.2) is 0 Å². The molecule has 58 valence electrons. The minimum Gasteiger partial charge on any atom is -0.411 e. The molecule has 0 amide bonds. The van der Waals surface area contributed by atoms with Crippen LogP contribution in [0.1, 0.15) is 5.69 Å². The van der Waals surface area contributed by atoms with Crippen molar-refractivity contribution in [3.8, 4) is 0 Å². The summed E-state index contributed by atoms with van der Waals surface area (Å²) in [5.41, 5.74) is 0.333. The Morgan fingerprint density at radius 3 is 3.00 bits per heavy atom. The van der Waals surface area contributed by atoms with E-state index in [9.17, 15) is 10.1 Å². The van der Waals surface area contributed by atoms with Gasteiger partial charge in [-0.3, -0.25) is 10.1 Å². The van der Waals surface area contributed by atoms with Crippen LogP contribution < -0.4 is 0 Å². The number of hydrogen-bond donors (Lipinski definition) is 2. The van der Waals surface area contributed by atoms with E-state index in [1.807, 2.05) is 0 Å². The van der Waals surface area contributed by atoms with Gasteiger partial charge in [-0.05, 0) is 0 Å². The molecule has 2 N–H and O–H groups in total. The monoisotopic (exact) mass is 155 g/mol. The summed E-state index contributed by atoms with van der Waals surface area (Å²) in [4.78, 5) is 12.1. The number of aromatic amines is 1. The fraction of sp³-hybridized carbons (Fsp3) is 0. The van der Waals surface area contributed by atoms with E-state index >= 15 is 0 Å². The summed E-state index contributed by atoms with van der Waals surface area (Å²) in [7, 11) is 0. The van der Waals surface area contributed by atoms with Gasteiger partial charge in [-0.15, -0.1) is 0 Å². The smallest absolute Gasteiger partial charge is 0.287 e. The highest BCUT2D eigenvalue weighted by Crippen LogP contribution is 2.09. The van der Waals surface area contributed by atoms with E-state index in [0.717, 1.165) is 6.21 Å². The second-order valence-corrected chi connectivity index (χ2v) is 1.81. The van der Waals surface area contributed by atoms with Gasteiger partial charge >= 0.3 is 0 Å². The molecule has 0 bridgehead atoms. The third kappa shape index (κ3) is 1.54. The predicted octanol–water partition coefficient (Wildman–Crippen LogP) is 0.731. The van der Waals surface area contributed by atoms with Crippen LogP contribution in [0.5, 0.6) is 0 Å². The van der Waals surface area contributed by atoms with E-state index in [4.69, 9.17) is 5.21 Å². The number of rotatable bonds is 2. The molecule has 0 radical (unpaired) electrons. The van der Waals surface area contributed by atoms with Crippen LogP contribution >= 0.6 is 0 Å². The lowest BCUT2D eigenvalue weighted by Gasteiger charge is -1.78. The van der Waals surface area contributed by atoms with Crippen LogP contribution in [0.2, 0.25) is 0 Å². The van der Waals surface area contributed by atoms with E-state index in [1.165, 1.54) is 12.3 Å². The van der Waals surface area contributed by atoms with Crippen LogP contribution in [0, 0.1) is 10.1 Å². The summed E-state index contributed by atoms with van der Waals surface area (Å²) in [5, 5.41) is 20.8. The molecule has 0 spiro atoms. The fourth-order valence-electron chi connectivity index (χ4n) is 0.642. The minimum absolute atomic E-state index is 0.0556. The molecule has 0 saturated carbocycles. The summed E-state index contributed by atoms with van der Waals surface area (Å²) in [6.45, 7) is 0. The summed E-state index contributed by atoms with van der Waals surface area (Å²) in [6.07, 6.45) is 2.30. The van der Waals surface area contributed by atoms with Crippen molar-refractivity contribution in [3.63, 3.8) is 0 Å². The molecule has 0 aromatic carbocycles. The Labute approximate surface area is 61.3 Å². The highest BCUT2D eigenvalue weighted by molar-refractivity contribution is 5.77. The number of oxime groups is 1. The van der Waals surface area contributed by atoms with Gasteiger partial charge in [0.25, 0.3) is 5.69 Å². The number of nitrogens with zero attached hydrogens (tertiary/aromatic N) is 2. The first kappa shape index (κ1) is 7.26. The van der Waals surface area contributed by atoms with Gasteiger partial charge < -0.3 is 10.2 Å². The molecule has 6 nitrogen and oxygen atoms in total. The Morgan fingerprint density at radius 2 is 2.55 bits per heavy atom. The Kier molecular flexibility index (Phi) is 1.86. The molecule has 0 saturated heterocycles. The van der Waals surface area contributed by atoms with Crippen LogP contribution in [-0.4, -0.2) is 21.3 Å². The highest BCUT2D eigenvalue weighted by Gasteiger charge is 2.06. The summed E-state index contributed by atoms with van der Waals surface area (Å²) < 4.78 is 0. The molecule has 1 rings (SSSR count). The maximum absolute atomic E-state index is 10.1. The quantitative estimate of drug-likeness (QED) is 0.285. The molecule has 0 aliphatic carbocycles. The molecule has 0 aliphatic rings. The van der Waals surface area contributed by atoms with Crippen molar-refractivity contribution in [2.45, 2.75) is 0 Å². The van der Waals surface area contributed by atoms with Gasteiger partial charge in [0.2, 0.25) is 0 Å². The molecular formula is C5H5N3O3. The average Bonchev–Trinajstić information content (AvgIpc) is 2.37. The second-order valence-electron chi connectivity index (χ2n) is 1.81. The van der Waals surface area contributed by atoms with E-state index < -0.39 is 4.92 Å². The van der Waals surface area contributed by atoms with Crippen molar-refractivity contribution in [2.75, 3.05) is 0 Å². The van der Waals surface area contributed by atoms with Gasteiger partial charge in [0.1, 0.15) is 0 Å². The first-order valence-electron chi connectivity index (χ1n) is 2.74. The van der Waals surface area contributed by atoms with Gasteiger partial charge in [0.05, 0.1) is 23.0 Å². The summed E-state index contributed by atoms with van der Waals surface area (Å²) in [5.74, 6) is 0. The van der Waals surface area contributed by atoms with Gasteiger partial charge in [0, 0.05) is 6.07 Å². The fourth-order valence-corrected chi connectivity index (χ4v) is 0.642. The largest absolute Gasteiger partial charge is 0.411 e. The molecular weight excluding hydrogens is 150 g/mol. The molecule has 0 aliphatic heterocycles. The molecule has 0 atom stereocenters. The first-order chi connectivity index (χ1) is 5.24. The van der Waals surface area contributed by atoms with E-state index in [2.05, 4.69) is 10.1 Å². The number of nitrogens with one attached hydrogen (secondary N) is 1. The lowest BCUT2D eigenvalue weighted by Crippen LogP contribution is -1.83. The standard InChI is InChI=1S/C5H5N3O3/c9-7-2-4-1-5(3-6-4)8(10)11/h1-3,6,9H. The molecule has 6 heteroatoms. The van der Waals surface area contributed by atoms with Gasteiger partial charge in [-0.25, -0.2) is 0 Å². The van der Waals surface area contributed by atoms with Gasteiger partial charge in [-0.1, -0.05) is 5.16 Å². The molecule has 1 aromatic rings. The van der Waals surface area contributed by atoms with Crippen LogP contribution in [0.25, 0.3) is 0 Å². The zero-order valence-electron chi connectivity index (χ0n) is 5.39. The SMILES string of the molecule is O=[N+]([O-])c1c[nH]c(C=NO)c1. The summed E-state index contributed by atoms with van der Waals surface area (Å²) in [6, 6.07) is 1.26. The van der Waals surface area contributed by atoms with Crippen molar-refractivity contribution in [1.82, 2.24) is 4.98 Å². The highest BCUT2D eigenvalue weighted by atomic mass is 16.6. The minimum atomic E-state index is -0.536. The summed E-state index contributed by atoms with van der Waals surface area (Å²) >= 11 is 0. The van der Waals surface area contributed by atoms with Crippen LogP contribution in [0.4, 0.5) is 5.69 Å². The average molecular weight is 155 g/mol. The van der Waals surface area contributed by atoms with Crippen molar-refractivity contribution in [3.05, 3.63) is 28.1 Å². The number of hydrogen-bond acceptors (Lipinski definition) is 4.